The van der Waals surface area contributed by atoms with E-state index in [-0.39, 0.29) is 0 Å². The molecule has 24 heavy (non-hydrogen) atoms. The highest BCUT2D eigenvalue weighted by atomic mass is 32.1. The number of halogens is 3. The number of rotatable bonds is 4. The topological polar surface area (TPSA) is 0 Å². The van der Waals surface area contributed by atoms with Gasteiger partial charge in [0.1, 0.15) is 4.88 Å². The SMILES string of the molecule is CCCC1CCC(c2ccc(-c3ccc(C(F)(F)F)s3)cc2)CC1. The monoisotopic (exact) mass is 352 g/mol. The molecular formula is C20H23F3S. The van der Waals surface area contributed by atoms with Crippen LogP contribution in [0.25, 0.3) is 10.4 Å². The Morgan fingerprint density at radius 3 is 2.17 bits per heavy atom. The van der Waals surface area contributed by atoms with Crippen molar-refractivity contribution in [3.63, 3.8) is 0 Å². The Morgan fingerprint density at radius 2 is 1.62 bits per heavy atom. The van der Waals surface area contributed by atoms with E-state index in [4.69, 9.17) is 0 Å². The van der Waals surface area contributed by atoms with Crippen molar-refractivity contribution in [3.8, 4) is 10.4 Å². The minimum atomic E-state index is -4.25. The smallest absolute Gasteiger partial charge is 0.165 e. The summed E-state index contributed by atoms with van der Waals surface area (Å²) in [5.74, 6) is 1.50. The van der Waals surface area contributed by atoms with Gasteiger partial charge in [-0.1, -0.05) is 44.0 Å². The second-order valence-electron chi connectivity index (χ2n) is 6.79. The summed E-state index contributed by atoms with van der Waals surface area (Å²) in [6.07, 6.45) is 3.44. The average Bonchev–Trinajstić information content (AvgIpc) is 3.06. The van der Waals surface area contributed by atoms with E-state index < -0.39 is 11.1 Å². The van der Waals surface area contributed by atoms with Crippen LogP contribution in [-0.2, 0) is 6.18 Å². The Bertz CT molecular complexity index is 646. The summed E-state index contributed by atoms with van der Waals surface area (Å²) >= 11 is 0.815. The van der Waals surface area contributed by atoms with Gasteiger partial charge in [0, 0.05) is 4.88 Å². The lowest BCUT2D eigenvalue weighted by Gasteiger charge is -2.28. The zero-order chi connectivity index (χ0) is 17.2. The fourth-order valence-electron chi connectivity index (χ4n) is 3.76. The Balaban J connectivity index is 1.67. The van der Waals surface area contributed by atoms with Crippen LogP contribution in [0.5, 0.6) is 0 Å². The summed E-state index contributed by atoms with van der Waals surface area (Å²) in [5, 5.41) is 0. The van der Waals surface area contributed by atoms with Crippen molar-refractivity contribution in [2.45, 2.75) is 57.5 Å². The van der Waals surface area contributed by atoms with Crippen LogP contribution in [0, 0.1) is 5.92 Å². The molecule has 0 nitrogen and oxygen atoms in total. The van der Waals surface area contributed by atoms with Gasteiger partial charge in [-0.15, -0.1) is 11.3 Å². The van der Waals surface area contributed by atoms with Gasteiger partial charge in [0.25, 0.3) is 0 Å². The summed E-state index contributed by atoms with van der Waals surface area (Å²) < 4.78 is 38.2. The minimum absolute atomic E-state index is 0.532. The van der Waals surface area contributed by atoms with E-state index in [2.05, 4.69) is 19.1 Å². The first-order valence-corrected chi connectivity index (χ1v) is 9.56. The average molecular weight is 352 g/mol. The molecule has 0 N–H and O–H groups in total. The Hall–Kier alpha value is -1.29. The lowest BCUT2D eigenvalue weighted by atomic mass is 9.77. The summed E-state index contributed by atoms with van der Waals surface area (Å²) in [7, 11) is 0. The molecule has 0 atom stereocenters. The minimum Gasteiger partial charge on any atom is -0.165 e. The summed E-state index contributed by atoms with van der Waals surface area (Å²) in [5.41, 5.74) is 2.21. The third-order valence-electron chi connectivity index (χ3n) is 5.10. The number of alkyl halides is 3. The van der Waals surface area contributed by atoms with Crippen LogP contribution in [0.1, 0.15) is 61.8 Å². The summed E-state index contributed by atoms with van der Waals surface area (Å²) in [6, 6.07) is 10.9. The second-order valence-corrected chi connectivity index (χ2v) is 7.87. The molecule has 3 rings (SSSR count). The van der Waals surface area contributed by atoms with Gasteiger partial charge < -0.3 is 0 Å². The molecule has 0 aliphatic heterocycles. The molecular weight excluding hydrogens is 329 g/mol. The Labute approximate surface area is 145 Å². The van der Waals surface area contributed by atoms with Crippen LogP contribution in [0.4, 0.5) is 13.2 Å². The summed E-state index contributed by atoms with van der Waals surface area (Å²) in [4.78, 5) is 0.149. The largest absolute Gasteiger partial charge is 0.425 e. The molecule has 0 radical (unpaired) electrons. The number of thiophene rings is 1. The molecule has 1 aliphatic carbocycles. The molecule has 0 unspecified atom stereocenters. The molecule has 0 saturated heterocycles. The van der Waals surface area contributed by atoms with E-state index in [1.165, 1.54) is 50.2 Å². The lowest BCUT2D eigenvalue weighted by molar-refractivity contribution is -0.134. The van der Waals surface area contributed by atoms with E-state index in [0.717, 1.165) is 22.8 Å². The molecule has 1 saturated carbocycles. The van der Waals surface area contributed by atoms with Crippen molar-refractivity contribution < 1.29 is 13.2 Å². The lowest BCUT2D eigenvalue weighted by Crippen LogP contribution is -2.13. The molecule has 1 fully saturated rings. The highest BCUT2D eigenvalue weighted by Gasteiger charge is 2.32. The maximum absolute atomic E-state index is 12.7. The normalized spacial score (nSPS) is 21.8. The van der Waals surface area contributed by atoms with Crippen LogP contribution < -0.4 is 0 Å². The van der Waals surface area contributed by atoms with Gasteiger partial charge in [-0.2, -0.15) is 13.2 Å². The van der Waals surface area contributed by atoms with E-state index in [1.807, 2.05) is 12.1 Å². The fourth-order valence-corrected chi connectivity index (χ4v) is 4.64. The molecule has 4 heteroatoms. The first-order chi connectivity index (χ1) is 11.5. The van der Waals surface area contributed by atoms with Crippen molar-refractivity contribution in [2.24, 2.45) is 5.92 Å². The van der Waals surface area contributed by atoms with Crippen LogP contribution in [0.15, 0.2) is 36.4 Å². The van der Waals surface area contributed by atoms with Gasteiger partial charge in [0.2, 0.25) is 0 Å². The Morgan fingerprint density at radius 1 is 0.958 bits per heavy atom. The molecule has 1 aromatic carbocycles. The van der Waals surface area contributed by atoms with Gasteiger partial charge in [-0.3, -0.25) is 0 Å². The molecule has 1 heterocycles. The zero-order valence-corrected chi connectivity index (χ0v) is 14.7. The van der Waals surface area contributed by atoms with Gasteiger partial charge in [0.15, 0.2) is 0 Å². The second kappa shape index (κ2) is 7.30. The maximum Gasteiger partial charge on any atom is 0.425 e. The van der Waals surface area contributed by atoms with Crippen LogP contribution >= 0.6 is 11.3 Å². The highest BCUT2D eigenvalue weighted by Crippen LogP contribution is 2.40. The van der Waals surface area contributed by atoms with E-state index in [0.29, 0.717) is 10.8 Å². The molecule has 0 amide bonds. The zero-order valence-electron chi connectivity index (χ0n) is 13.9. The fraction of sp³-hybridized carbons (Fsp3) is 0.500. The van der Waals surface area contributed by atoms with E-state index in [1.54, 1.807) is 6.07 Å². The molecule has 130 valence electrons. The highest BCUT2D eigenvalue weighted by molar-refractivity contribution is 7.15. The van der Waals surface area contributed by atoms with Crippen molar-refractivity contribution >= 4 is 11.3 Å². The quantitative estimate of drug-likeness (QED) is 0.534. The van der Waals surface area contributed by atoms with Crippen molar-refractivity contribution in [1.29, 1.82) is 0 Å². The van der Waals surface area contributed by atoms with Gasteiger partial charge >= 0.3 is 6.18 Å². The van der Waals surface area contributed by atoms with Crippen molar-refractivity contribution in [2.75, 3.05) is 0 Å². The first kappa shape index (κ1) is 17.5. The van der Waals surface area contributed by atoms with Gasteiger partial charge in [0.05, 0.1) is 0 Å². The first-order valence-electron chi connectivity index (χ1n) is 8.74. The third-order valence-corrected chi connectivity index (χ3v) is 6.27. The predicted octanol–water partition coefficient (Wildman–Crippen LogP) is 7.51. The van der Waals surface area contributed by atoms with Crippen LogP contribution in [0.2, 0.25) is 0 Å². The predicted molar refractivity (Wildman–Crippen MR) is 94.4 cm³/mol. The van der Waals surface area contributed by atoms with Gasteiger partial charge in [-0.25, -0.2) is 0 Å². The number of hydrogen-bond acceptors (Lipinski definition) is 1. The Kier molecular flexibility index (Phi) is 5.33. The van der Waals surface area contributed by atoms with E-state index >= 15 is 0 Å². The van der Waals surface area contributed by atoms with E-state index in [9.17, 15) is 13.2 Å². The van der Waals surface area contributed by atoms with Crippen molar-refractivity contribution in [3.05, 3.63) is 46.8 Å². The van der Waals surface area contributed by atoms with Crippen LogP contribution in [0.3, 0.4) is 0 Å². The van der Waals surface area contributed by atoms with Crippen molar-refractivity contribution in [1.82, 2.24) is 0 Å². The molecule has 2 aromatic rings. The molecule has 0 bridgehead atoms. The third kappa shape index (κ3) is 4.02. The number of hydrogen-bond donors (Lipinski definition) is 0. The van der Waals surface area contributed by atoms with Gasteiger partial charge in [-0.05, 0) is 60.8 Å². The molecule has 0 spiro atoms. The summed E-state index contributed by atoms with van der Waals surface area (Å²) in [6.45, 7) is 2.25. The van der Waals surface area contributed by atoms with Crippen LogP contribution in [-0.4, -0.2) is 0 Å². The number of benzene rings is 1. The molecule has 1 aromatic heterocycles. The molecule has 1 aliphatic rings. The standard InChI is InChI=1S/C20H23F3S/c1-2-3-14-4-6-15(7-5-14)16-8-10-17(11-9-16)18-12-13-19(24-18)20(21,22)23/h8-15H,2-7H2,1H3. The maximum atomic E-state index is 12.7.